The number of nitrogens with two attached hydrogens (primary N) is 1. The number of hydrogen-bond acceptors (Lipinski definition) is 5. The van der Waals surface area contributed by atoms with Crippen LogP contribution in [0, 0.1) is 6.92 Å². The molecule has 2 aromatic heterocycles. The van der Waals surface area contributed by atoms with E-state index in [1.165, 1.54) is 10.4 Å². The third-order valence-electron chi connectivity index (χ3n) is 3.05. The van der Waals surface area contributed by atoms with Crippen molar-refractivity contribution in [2.24, 2.45) is 0 Å². The average molecular weight is 270 g/mol. The maximum absolute atomic E-state index is 5.77. The molecule has 0 bridgehead atoms. The summed E-state index contributed by atoms with van der Waals surface area (Å²) in [7, 11) is 0. The van der Waals surface area contributed by atoms with Gasteiger partial charge in [-0.15, -0.1) is 11.3 Å². The fourth-order valence-corrected chi connectivity index (χ4v) is 2.81. The Morgan fingerprint density at radius 2 is 2.16 bits per heavy atom. The number of nitrogens with one attached hydrogen (secondary N) is 1. The van der Waals surface area contributed by atoms with Crippen LogP contribution in [0.2, 0.25) is 0 Å². The van der Waals surface area contributed by atoms with Crippen molar-refractivity contribution in [3.05, 3.63) is 46.4 Å². The first-order valence-corrected chi connectivity index (χ1v) is 6.89. The molecule has 19 heavy (non-hydrogen) atoms. The molecule has 1 aromatic carbocycles. The zero-order valence-electron chi connectivity index (χ0n) is 10.6. The molecule has 3 N–H and O–H groups in total. The molecule has 0 saturated heterocycles. The second-order valence-electron chi connectivity index (χ2n) is 4.38. The van der Waals surface area contributed by atoms with Gasteiger partial charge in [-0.2, -0.15) is 0 Å². The predicted octanol–water partition coefficient (Wildman–Crippen LogP) is 3.19. The smallest absolute Gasteiger partial charge is 0.137 e. The highest BCUT2D eigenvalue weighted by Gasteiger charge is 2.05. The van der Waals surface area contributed by atoms with E-state index in [1.54, 1.807) is 17.7 Å². The van der Waals surface area contributed by atoms with Crippen LogP contribution in [0.15, 0.2) is 36.0 Å². The van der Waals surface area contributed by atoms with E-state index in [-0.39, 0.29) is 0 Å². The van der Waals surface area contributed by atoms with Crippen molar-refractivity contribution in [1.82, 2.24) is 9.97 Å². The highest BCUT2D eigenvalue weighted by molar-refractivity contribution is 7.10. The van der Waals surface area contributed by atoms with Crippen LogP contribution in [-0.4, -0.2) is 9.97 Å². The van der Waals surface area contributed by atoms with Crippen molar-refractivity contribution < 1.29 is 0 Å². The minimum absolute atomic E-state index is 0.714. The zero-order chi connectivity index (χ0) is 13.2. The summed E-state index contributed by atoms with van der Waals surface area (Å²) >= 11 is 1.75. The number of aryl methyl sites for hydroxylation is 1. The number of nitrogen functional groups attached to an aromatic ring is 1. The number of aromatic nitrogens is 2. The monoisotopic (exact) mass is 270 g/mol. The van der Waals surface area contributed by atoms with Gasteiger partial charge in [0.2, 0.25) is 0 Å². The summed E-state index contributed by atoms with van der Waals surface area (Å²) in [5.74, 6) is 0.845. The minimum atomic E-state index is 0.714. The topological polar surface area (TPSA) is 63.8 Å². The Morgan fingerprint density at radius 3 is 2.95 bits per heavy atom. The predicted molar refractivity (Wildman–Crippen MR) is 80.3 cm³/mol. The number of hydrogen-bond donors (Lipinski definition) is 2. The molecular weight excluding hydrogens is 256 g/mol. The molecule has 0 amide bonds. The second kappa shape index (κ2) is 4.85. The van der Waals surface area contributed by atoms with E-state index in [0.717, 1.165) is 23.3 Å². The van der Waals surface area contributed by atoms with Gasteiger partial charge in [-0.3, -0.25) is 0 Å². The Kier molecular flexibility index (Phi) is 3.05. The highest BCUT2D eigenvalue weighted by atomic mass is 32.1. The van der Waals surface area contributed by atoms with E-state index in [4.69, 9.17) is 5.73 Å². The molecular formula is C14H14N4S. The van der Waals surface area contributed by atoms with Crippen molar-refractivity contribution in [2.45, 2.75) is 13.5 Å². The van der Waals surface area contributed by atoms with Crippen LogP contribution in [0.4, 0.5) is 11.5 Å². The first-order valence-electron chi connectivity index (χ1n) is 6.01. The van der Waals surface area contributed by atoms with Gasteiger partial charge in [-0.05, 0) is 42.1 Å². The van der Waals surface area contributed by atoms with Crippen LogP contribution in [0.5, 0.6) is 0 Å². The fraction of sp³-hybridized carbons (Fsp3) is 0.143. The fourth-order valence-electron chi connectivity index (χ4n) is 1.96. The number of nitrogens with zero attached hydrogens (tertiary/aromatic N) is 2. The molecule has 2 heterocycles. The lowest BCUT2D eigenvalue weighted by atomic mass is 10.2. The van der Waals surface area contributed by atoms with E-state index >= 15 is 0 Å². The largest absolute Gasteiger partial charge is 0.399 e. The van der Waals surface area contributed by atoms with Crippen molar-refractivity contribution in [3.63, 3.8) is 0 Å². The average Bonchev–Trinajstić information content (AvgIpc) is 2.81. The number of benzene rings is 1. The van der Waals surface area contributed by atoms with Gasteiger partial charge in [-0.25, -0.2) is 9.97 Å². The van der Waals surface area contributed by atoms with E-state index in [0.29, 0.717) is 5.69 Å². The van der Waals surface area contributed by atoms with Crippen LogP contribution in [0.3, 0.4) is 0 Å². The lowest BCUT2D eigenvalue weighted by Crippen LogP contribution is -2.02. The number of fused-ring (bicyclic) bond motifs is 1. The highest BCUT2D eigenvalue weighted by Crippen LogP contribution is 2.23. The lowest BCUT2D eigenvalue weighted by molar-refractivity contribution is 1.11. The maximum atomic E-state index is 5.77. The van der Waals surface area contributed by atoms with Gasteiger partial charge in [0.05, 0.1) is 12.1 Å². The van der Waals surface area contributed by atoms with E-state index in [9.17, 15) is 0 Å². The molecule has 0 radical (unpaired) electrons. The molecule has 0 spiro atoms. The SMILES string of the molecule is Cc1ccsc1CNc1ncnc2cc(N)ccc12. The Bertz CT molecular complexity index is 720. The molecule has 3 aromatic rings. The van der Waals surface area contributed by atoms with Gasteiger partial charge < -0.3 is 11.1 Å². The first kappa shape index (κ1) is 11.9. The minimum Gasteiger partial charge on any atom is -0.399 e. The van der Waals surface area contributed by atoms with Crippen LogP contribution in [0.25, 0.3) is 10.9 Å². The number of anilines is 2. The van der Waals surface area contributed by atoms with Crippen LogP contribution >= 0.6 is 11.3 Å². The molecule has 5 heteroatoms. The molecule has 0 aliphatic heterocycles. The maximum Gasteiger partial charge on any atom is 0.137 e. The summed E-state index contributed by atoms with van der Waals surface area (Å²) in [5, 5.41) is 6.46. The van der Waals surface area contributed by atoms with Crippen LogP contribution in [-0.2, 0) is 6.54 Å². The summed E-state index contributed by atoms with van der Waals surface area (Å²) in [5.41, 5.74) is 8.65. The summed E-state index contributed by atoms with van der Waals surface area (Å²) in [4.78, 5) is 9.87. The standard InChI is InChI=1S/C14H14N4S/c1-9-4-5-19-13(9)7-16-14-11-3-2-10(15)6-12(11)17-8-18-14/h2-6,8H,7,15H2,1H3,(H,16,17,18). The molecule has 0 saturated carbocycles. The molecule has 3 rings (SSSR count). The Hall–Kier alpha value is -2.14. The normalized spacial score (nSPS) is 10.8. The summed E-state index contributed by atoms with van der Waals surface area (Å²) in [6.07, 6.45) is 1.56. The van der Waals surface area contributed by atoms with Crippen molar-refractivity contribution in [2.75, 3.05) is 11.1 Å². The van der Waals surface area contributed by atoms with Gasteiger partial charge in [0, 0.05) is 16.0 Å². The lowest BCUT2D eigenvalue weighted by Gasteiger charge is -2.08. The zero-order valence-corrected chi connectivity index (χ0v) is 11.4. The van der Waals surface area contributed by atoms with Crippen molar-refractivity contribution in [1.29, 1.82) is 0 Å². The van der Waals surface area contributed by atoms with Crippen molar-refractivity contribution >= 4 is 33.7 Å². The summed E-state index contributed by atoms with van der Waals surface area (Å²) < 4.78 is 0. The van der Waals surface area contributed by atoms with Gasteiger partial charge in [0.15, 0.2) is 0 Å². The first-order chi connectivity index (χ1) is 9.24. The molecule has 96 valence electrons. The van der Waals surface area contributed by atoms with Gasteiger partial charge in [-0.1, -0.05) is 0 Å². The molecule has 0 aliphatic carbocycles. The summed E-state index contributed by atoms with van der Waals surface area (Å²) in [6.45, 7) is 2.90. The third-order valence-corrected chi connectivity index (χ3v) is 4.07. The Balaban J connectivity index is 1.91. The Labute approximate surface area is 115 Å². The molecule has 0 fully saturated rings. The van der Waals surface area contributed by atoms with Gasteiger partial charge in [0.25, 0.3) is 0 Å². The van der Waals surface area contributed by atoms with E-state index < -0.39 is 0 Å². The Morgan fingerprint density at radius 1 is 1.26 bits per heavy atom. The number of thiophene rings is 1. The molecule has 4 nitrogen and oxygen atoms in total. The van der Waals surface area contributed by atoms with Crippen LogP contribution < -0.4 is 11.1 Å². The van der Waals surface area contributed by atoms with Crippen molar-refractivity contribution in [3.8, 4) is 0 Å². The van der Waals surface area contributed by atoms with E-state index in [1.807, 2.05) is 18.2 Å². The van der Waals surface area contributed by atoms with Gasteiger partial charge in [0.1, 0.15) is 12.1 Å². The van der Waals surface area contributed by atoms with E-state index in [2.05, 4.69) is 33.7 Å². The second-order valence-corrected chi connectivity index (χ2v) is 5.38. The van der Waals surface area contributed by atoms with Crippen LogP contribution in [0.1, 0.15) is 10.4 Å². The number of rotatable bonds is 3. The van der Waals surface area contributed by atoms with Gasteiger partial charge >= 0.3 is 0 Å². The third kappa shape index (κ3) is 2.37. The molecule has 0 aliphatic rings. The molecule has 0 atom stereocenters. The summed E-state index contributed by atoms with van der Waals surface area (Å²) in [6, 6.07) is 7.81. The quantitative estimate of drug-likeness (QED) is 0.717. The molecule has 0 unspecified atom stereocenters.